The van der Waals surface area contributed by atoms with Crippen LogP contribution in [0.25, 0.3) is 0 Å². The van der Waals surface area contributed by atoms with E-state index in [1.54, 1.807) is 6.07 Å². The van der Waals surface area contributed by atoms with E-state index in [9.17, 15) is 5.11 Å². The van der Waals surface area contributed by atoms with Gasteiger partial charge in [0.25, 0.3) is 0 Å². The summed E-state index contributed by atoms with van der Waals surface area (Å²) in [5, 5.41) is 24.9. The molecule has 0 bridgehead atoms. The molecule has 0 fully saturated rings. The fourth-order valence-electron chi connectivity index (χ4n) is 1.44. The maximum atomic E-state index is 9.32. The van der Waals surface area contributed by atoms with E-state index in [0.29, 0.717) is 12.2 Å². The van der Waals surface area contributed by atoms with Gasteiger partial charge in [0.2, 0.25) is 0 Å². The van der Waals surface area contributed by atoms with Crippen LogP contribution in [0.3, 0.4) is 0 Å². The highest BCUT2D eigenvalue weighted by molar-refractivity contribution is 5.40. The van der Waals surface area contributed by atoms with E-state index < -0.39 is 0 Å². The minimum absolute atomic E-state index is 0.142. The molecule has 0 saturated heterocycles. The molecule has 1 atom stereocenters. The Morgan fingerprint density at radius 1 is 1.31 bits per heavy atom. The molecule has 0 radical (unpaired) electrons. The number of hydrogen-bond acceptors (Lipinski definition) is 5. The Morgan fingerprint density at radius 2 is 2.12 bits per heavy atom. The molecule has 0 spiro atoms. The van der Waals surface area contributed by atoms with Crippen LogP contribution in [0, 0.1) is 0 Å². The zero-order valence-electron chi connectivity index (χ0n) is 8.46. The highest BCUT2D eigenvalue weighted by atomic mass is 16.3. The number of nitrogens with zero attached hydrogens (tertiary/aromatic N) is 2. The number of phenolic OH excluding ortho intramolecular Hbond substituents is 2. The lowest BCUT2D eigenvalue weighted by atomic mass is 10.1. The molecule has 0 saturated carbocycles. The van der Waals surface area contributed by atoms with E-state index in [-0.39, 0.29) is 17.5 Å². The molecular weight excluding hydrogens is 208 g/mol. The minimum atomic E-state index is -0.313. The van der Waals surface area contributed by atoms with Crippen LogP contribution in [0.5, 0.6) is 11.5 Å². The van der Waals surface area contributed by atoms with Crippen LogP contribution in [0.1, 0.15) is 17.4 Å². The molecule has 1 heterocycles. The average Bonchev–Trinajstić information content (AvgIpc) is 2.77. The quantitative estimate of drug-likeness (QED) is 0.562. The van der Waals surface area contributed by atoms with Gasteiger partial charge in [-0.1, -0.05) is 6.07 Å². The van der Waals surface area contributed by atoms with E-state index in [2.05, 4.69) is 15.2 Å². The third-order valence-corrected chi connectivity index (χ3v) is 2.28. The average molecular weight is 220 g/mol. The van der Waals surface area contributed by atoms with Crippen LogP contribution in [-0.2, 0) is 6.42 Å². The van der Waals surface area contributed by atoms with Crippen molar-refractivity contribution in [2.24, 2.45) is 5.73 Å². The Balaban J connectivity index is 2.12. The van der Waals surface area contributed by atoms with Gasteiger partial charge in [0.1, 0.15) is 12.2 Å². The topological polar surface area (TPSA) is 108 Å². The van der Waals surface area contributed by atoms with Gasteiger partial charge in [-0.05, 0) is 24.1 Å². The number of H-pyrrole nitrogens is 1. The second-order valence-corrected chi connectivity index (χ2v) is 3.50. The largest absolute Gasteiger partial charge is 0.504 e. The van der Waals surface area contributed by atoms with Crippen LogP contribution in [0.2, 0.25) is 0 Å². The lowest BCUT2D eigenvalue weighted by Crippen LogP contribution is -2.15. The van der Waals surface area contributed by atoms with Crippen molar-refractivity contribution in [3.05, 3.63) is 35.9 Å². The summed E-state index contributed by atoms with van der Waals surface area (Å²) in [7, 11) is 0. The standard InChI is InChI=1S/C10H12N4O2/c11-7(10-12-5-13-14-10)3-6-1-2-8(15)9(16)4-6/h1-2,4-5,7,15-16H,3,11H2,(H,12,13,14). The lowest BCUT2D eigenvalue weighted by molar-refractivity contribution is 0.403. The third kappa shape index (κ3) is 2.12. The second-order valence-electron chi connectivity index (χ2n) is 3.50. The summed E-state index contributed by atoms with van der Waals surface area (Å²) in [6, 6.07) is 4.29. The molecular formula is C10H12N4O2. The number of hydrogen-bond donors (Lipinski definition) is 4. The van der Waals surface area contributed by atoms with Gasteiger partial charge in [-0.15, -0.1) is 0 Å². The number of aromatic amines is 1. The van der Waals surface area contributed by atoms with Crippen LogP contribution in [0.4, 0.5) is 0 Å². The van der Waals surface area contributed by atoms with Gasteiger partial charge in [-0.25, -0.2) is 4.98 Å². The molecule has 1 aromatic heterocycles. The Hall–Kier alpha value is -2.08. The third-order valence-electron chi connectivity index (χ3n) is 2.28. The van der Waals surface area contributed by atoms with Crippen LogP contribution < -0.4 is 5.73 Å². The van der Waals surface area contributed by atoms with Gasteiger partial charge in [0.05, 0.1) is 6.04 Å². The number of benzene rings is 1. The number of aromatic hydroxyl groups is 2. The van der Waals surface area contributed by atoms with Gasteiger partial charge in [-0.3, -0.25) is 5.10 Å². The first-order chi connectivity index (χ1) is 7.66. The minimum Gasteiger partial charge on any atom is -0.504 e. The van der Waals surface area contributed by atoms with Gasteiger partial charge < -0.3 is 15.9 Å². The van der Waals surface area contributed by atoms with Crippen molar-refractivity contribution in [1.82, 2.24) is 15.2 Å². The van der Waals surface area contributed by atoms with Crippen LogP contribution in [0.15, 0.2) is 24.5 Å². The fraction of sp³-hybridized carbons (Fsp3) is 0.200. The van der Waals surface area contributed by atoms with Crippen molar-refractivity contribution in [3.63, 3.8) is 0 Å². The van der Waals surface area contributed by atoms with Gasteiger partial charge in [0.15, 0.2) is 11.5 Å². The van der Waals surface area contributed by atoms with Crippen molar-refractivity contribution < 1.29 is 10.2 Å². The predicted octanol–water partition coefficient (Wildman–Crippen LogP) is 0.458. The second kappa shape index (κ2) is 4.19. The van der Waals surface area contributed by atoms with Crippen LogP contribution >= 0.6 is 0 Å². The monoisotopic (exact) mass is 220 g/mol. The van der Waals surface area contributed by atoms with Crippen molar-refractivity contribution in [2.45, 2.75) is 12.5 Å². The zero-order chi connectivity index (χ0) is 11.5. The molecule has 0 aliphatic carbocycles. The molecule has 1 unspecified atom stereocenters. The summed E-state index contributed by atoms with van der Waals surface area (Å²) in [5.74, 6) is 0.298. The number of nitrogens with one attached hydrogen (secondary N) is 1. The molecule has 6 nitrogen and oxygen atoms in total. The first kappa shape index (κ1) is 10.4. The fourth-order valence-corrected chi connectivity index (χ4v) is 1.44. The molecule has 0 amide bonds. The summed E-state index contributed by atoms with van der Waals surface area (Å²) in [4.78, 5) is 3.95. The Morgan fingerprint density at radius 3 is 2.75 bits per heavy atom. The summed E-state index contributed by atoms with van der Waals surface area (Å²) >= 11 is 0. The van der Waals surface area contributed by atoms with E-state index >= 15 is 0 Å². The summed E-state index contributed by atoms with van der Waals surface area (Å²) in [6.07, 6.45) is 1.90. The molecule has 6 heteroatoms. The molecule has 84 valence electrons. The van der Waals surface area contributed by atoms with E-state index in [1.807, 2.05) is 0 Å². The summed E-state index contributed by atoms with van der Waals surface area (Å²) in [6.45, 7) is 0. The van der Waals surface area contributed by atoms with Crippen molar-refractivity contribution >= 4 is 0 Å². The lowest BCUT2D eigenvalue weighted by Gasteiger charge is -2.08. The van der Waals surface area contributed by atoms with E-state index in [0.717, 1.165) is 5.56 Å². The van der Waals surface area contributed by atoms with Gasteiger partial charge >= 0.3 is 0 Å². The van der Waals surface area contributed by atoms with Crippen LogP contribution in [-0.4, -0.2) is 25.4 Å². The highest BCUT2D eigenvalue weighted by Gasteiger charge is 2.10. The molecule has 0 aliphatic rings. The number of phenols is 2. The maximum absolute atomic E-state index is 9.32. The Labute approximate surface area is 91.8 Å². The number of rotatable bonds is 3. The smallest absolute Gasteiger partial charge is 0.157 e. The normalized spacial score (nSPS) is 12.6. The maximum Gasteiger partial charge on any atom is 0.157 e. The van der Waals surface area contributed by atoms with E-state index in [4.69, 9.17) is 10.8 Å². The highest BCUT2D eigenvalue weighted by Crippen LogP contribution is 2.26. The Kier molecular flexibility index (Phi) is 2.74. The first-order valence-electron chi connectivity index (χ1n) is 4.78. The van der Waals surface area contributed by atoms with Gasteiger partial charge in [0, 0.05) is 0 Å². The van der Waals surface area contributed by atoms with Gasteiger partial charge in [-0.2, -0.15) is 5.10 Å². The molecule has 1 aromatic carbocycles. The molecule has 5 N–H and O–H groups in total. The molecule has 0 aliphatic heterocycles. The van der Waals surface area contributed by atoms with Crippen molar-refractivity contribution in [1.29, 1.82) is 0 Å². The zero-order valence-corrected chi connectivity index (χ0v) is 8.46. The SMILES string of the molecule is NC(Cc1ccc(O)c(O)c1)c1ncn[nH]1. The van der Waals surface area contributed by atoms with Crippen molar-refractivity contribution in [2.75, 3.05) is 0 Å². The predicted molar refractivity (Wildman–Crippen MR) is 56.8 cm³/mol. The van der Waals surface area contributed by atoms with E-state index in [1.165, 1.54) is 18.5 Å². The number of nitrogens with two attached hydrogens (primary N) is 1. The summed E-state index contributed by atoms with van der Waals surface area (Å²) in [5.41, 5.74) is 6.70. The molecule has 2 rings (SSSR count). The van der Waals surface area contributed by atoms with Crippen molar-refractivity contribution in [3.8, 4) is 11.5 Å². The molecule has 2 aromatic rings. The Bertz CT molecular complexity index is 470. The molecule has 16 heavy (non-hydrogen) atoms. The summed E-state index contributed by atoms with van der Waals surface area (Å²) < 4.78 is 0. The first-order valence-corrected chi connectivity index (χ1v) is 4.78. The number of aromatic nitrogens is 3.